The summed E-state index contributed by atoms with van der Waals surface area (Å²) >= 11 is 1.57. The number of benzene rings is 1. The minimum absolute atomic E-state index is 0.318. The summed E-state index contributed by atoms with van der Waals surface area (Å²) in [5, 5.41) is 17.5. The molecule has 1 saturated heterocycles. The number of thiazole rings is 1. The topological polar surface area (TPSA) is 82.1 Å². The maximum absolute atomic E-state index is 11.4. The first-order chi connectivity index (χ1) is 12.2. The van der Waals surface area contributed by atoms with E-state index in [0.29, 0.717) is 11.5 Å². The molecule has 128 valence electrons. The molecule has 0 radical (unpaired) electrons. The van der Waals surface area contributed by atoms with Gasteiger partial charge in [-0.15, -0.1) is 11.3 Å². The van der Waals surface area contributed by atoms with Crippen molar-refractivity contribution in [1.29, 1.82) is 0 Å². The number of nitrogens with one attached hydrogen (secondary N) is 1. The van der Waals surface area contributed by atoms with Crippen LogP contribution in [0.5, 0.6) is 0 Å². The Balaban J connectivity index is 1.47. The fraction of sp³-hybridized carbons (Fsp3) is 0.278. The number of carboxylic acid groups (broad SMARTS) is 1. The summed E-state index contributed by atoms with van der Waals surface area (Å²) in [6.07, 6.45) is 4.69. The number of nitrogens with zero attached hydrogens (tertiary/aromatic N) is 3. The molecule has 2 N–H and O–H groups in total. The molecule has 3 aromatic rings. The number of likely N-dealkylation sites (tertiary alicyclic amines) is 1. The fourth-order valence-corrected chi connectivity index (χ4v) is 4.31. The van der Waals surface area contributed by atoms with Crippen molar-refractivity contribution in [2.24, 2.45) is 0 Å². The molecule has 1 aliphatic rings. The fourth-order valence-electron chi connectivity index (χ4n) is 3.31. The molecule has 0 spiro atoms. The molecular formula is C18H18N4O2S. The highest BCUT2D eigenvalue weighted by molar-refractivity contribution is 7.15. The molecular weight excluding hydrogens is 336 g/mol. The predicted molar refractivity (Wildman–Crippen MR) is 95.7 cm³/mol. The second-order valence-corrected chi connectivity index (χ2v) is 7.32. The summed E-state index contributed by atoms with van der Waals surface area (Å²) in [6.45, 7) is 2.82. The molecule has 0 aliphatic carbocycles. The van der Waals surface area contributed by atoms with Crippen molar-refractivity contribution in [3.63, 3.8) is 0 Å². The van der Waals surface area contributed by atoms with Gasteiger partial charge in [0.25, 0.3) is 0 Å². The minimum Gasteiger partial charge on any atom is -0.478 e. The third kappa shape index (κ3) is 3.33. The van der Waals surface area contributed by atoms with E-state index in [2.05, 4.69) is 20.1 Å². The van der Waals surface area contributed by atoms with Crippen molar-refractivity contribution >= 4 is 17.3 Å². The average molecular weight is 354 g/mol. The Morgan fingerprint density at radius 1 is 1.36 bits per heavy atom. The number of hydrogen-bond donors (Lipinski definition) is 2. The van der Waals surface area contributed by atoms with Crippen molar-refractivity contribution in [3.8, 4) is 10.4 Å². The van der Waals surface area contributed by atoms with Crippen molar-refractivity contribution in [3.05, 3.63) is 59.0 Å². The Morgan fingerprint density at radius 2 is 2.24 bits per heavy atom. The van der Waals surface area contributed by atoms with Crippen molar-refractivity contribution in [2.45, 2.75) is 18.9 Å². The lowest BCUT2D eigenvalue weighted by atomic mass is 10.1. The number of carbonyl (C=O) groups is 1. The zero-order chi connectivity index (χ0) is 17.2. The molecule has 0 bridgehead atoms. The second-order valence-electron chi connectivity index (χ2n) is 6.20. The predicted octanol–water partition coefficient (Wildman–Crippen LogP) is 3.22. The number of rotatable bonds is 5. The molecule has 25 heavy (non-hydrogen) atoms. The summed E-state index contributed by atoms with van der Waals surface area (Å²) in [5.41, 5.74) is 2.24. The highest BCUT2D eigenvalue weighted by atomic mass is 32.1. The standard InChI is InChI=1S/C18H18N4O2S/c23-18(24)14-4-2-1-3-13(14)16-9-19-17(25-16)11-22-8-6-12(10-22)15-5-7-20-21-15/h1-5,7,9,12H,6,8,10-11H2,(H,20,21)(H,23,24)/t12-/m0/s1. The van der Waals surface area contributed by atoms with Crippen LogP contribution >= 0.6 is 11.3 Å². The number of carboxylic acids is 1. The van der Waals surface area contributed by atoms with Gasteiger partial charge in [0.2, 0.25) is 0 Å². The van der Waals surface area contributed by atoms with Gasteiger partial charge in [-0.05, 0) is 25.1 Å². The number of hydrogen-bond acceptors (Lipinski definition) is 5. The first-order valence-electron chi connectivity index (χ1n) is 8.20. The number of aromatic nitrogens is 3. The third-order valence-corrected chi connectivity index (χ3v) is 5.59. The van der Waals surface area contributed by atoms with E-state index in [-0.39, 0.29) is 0 Å². The van der Waals surface area contributed by atoms with Crippen LogP contribution in [0, 0.1) is 0 Å². The largest absolute Gasteiger partial charge is 0.478 e. The molecule has 7 heteroatoms. The van der Waals surface area contributed by atoms with Gasteiger partial charge in [0.1, 0.15) is 5.01 Å². The van der Waals surface area contributed by atoms with Gasteiger partial charge in [-0.25, -0.2) is 9.78 Å². The molecule has 0 unspecified atom stereocenters. The summed E-state index contributed by atoms with van der Waals surface area (Å²) in [4.78, 5) is 19.2. The smallest absolute Gasteiger partial charge is 0.336 e. The Labute approximate surface area is 149 Å². The Bertz CT molecular complexity index is 875. The summed E-state index contributed by atoms with van der Waals surface area (Å²) in [7, 11) is 0. The van der Waals surface area contributed by atoms with Gasteiger partial charge in [-0.2, -0.15) is 5.10 Å². The molecule has 1 aromatic carbocycles. The SMILES string of the molecule is O=C(O)c1ccccc1-c1cnc(CN2CC[C@H](c3ccn[nH]3)C2)s1. The van der Waals surface area contributed by atoms with E-state index < -0.39 is 5.97 Å². The zero-order valence-electron chi connectivity index (χ0n) is 13.6. The van der Waals surface area contributed by atoms with Crippen LogP contribution in [-0.4, -0.2) is 44.2 Å². The lowest BCUT2D eigenvalue weighted by molar-refractivity contribution is 0.0698. The van der Waals surface area contributed by atoms with Gasteiger partial charge in [-0.3, -0.25) is 10.00 Å². The van der Waals surface area contributed by atoms with Crippen LogP contribution in [0.2, 0.25) is 0 Å². The first kappa shape index (κ1) is 16.0. The zero-order valence-corrected chi connectivity index (χ0v) is 14.4. The van der Waals surface area contributed by atoms with E-state index in [1.807, 2.05) is 18.2 Å². The van der Waals surface area contributed by atoms with E-state index in [9.17, 15) is 9.90 Å². The van der Waals surface area contributed by atoms with E-state index in [1.54, 1.807) is 35.9 Å². The van der Waals surface area contributed by atoms with Crippen LogP contribution in [-0.2, 0) is 6.54 Å². The Kier molecular flexibility index (Phi) is 4.33. The van der Waals surface area contributed by atoms with Crippen LogP contribution in [0.15, 0.2) is 42.7 Å². The third-order valence-electron chi connectivity index (χ3n) is 4.57. The first-order valence-corrected chi connectivity index (χ1v) is 9.01. The molecule has 4 rings (SSSR count). The lowest BCUT2D eigenvalue weighted by Crippen LogP contribution is -2.19. The molecule has 1 fully saturated rings. The maximum atomic E-state index is 11.4. The van der Waals surface area contributed by atoms with Crippen LogP contribution < -0.4 is 0 Å². The summed E-state index contributed by atoms with van der Waals surface area (Å²) < 4.78 is 0. The second kappa shape index (κ2) is 6.78. The van der Waals surface area contributed by atoms with E-state index >= 15 is 0 Å². The van der Waals surface area contributed by atoms with Crippen LogP contribution in [0.4, 0.5) is 0 Å². The number of aromatic amines is 1. The monoisotopic (exact) mass is 354 g/mol. The highest BCUT2D eigenvalue weighted by Crippen LogP contribution is 2.31. The van der Waals surface area contributed by atoms with Crippen LogP contribution in [0.25, 0.3) is 10.4 Å². The van der Waals surface area contributed by atoms with Gasteiger partial charge >= 0.3 is 5.97 Å². The molecule has 1 atom stereocenters. The Hall–Kier alpha value is -2.51. The number of H-pyrrole nitrogens is 1. The lowest BCUT2D eigenvalue weighted by Gasteiger charge is -2.13. The van der Waals surface area contributed by atoms with Crippen molar-refractivity contribution < 1.29 is 9.90 Å². The van der Waals surface area contributed by atoms with Gasteiger partial charge in [0, 0.05) is 36.1 Å². The molecule has 3 heterocycles. The molecule has 0 amide bonds. The van der Waals surface area contributed by atoms with Crippen molar-refractivity contribution in [1.82, 2.24) is 20.1 Å². The van der Waals surface area contributed by atoms with E-state index in [1.165, 1.54) is 5.69 Å². The van der Waals surface area contributed by atoms with Gasteiger partial charge in [0.05, 0.1) is 17.0 Å². The number of aromatic carboxylic acids is 1. The minimum atomic E-state index is -0.910. The van der Waals surface area contributed by atoms with E-state index in [0.717, 1.165) is 41.5 Å². The van der Waals surface area contributed by atoms with E-state index in [4.69, 9.17) is 0 Å². The molecule has 2 aromatic heterocycles. The quantitative estimate of drug-likeness (QED) is 0.735. The summed E-state index contributed by atoms with van der Waals surface area (Å²) in [6, 6.07) is 9.11. The average Bonchev–Trinajstić information content (AvgIpc) is 3.36. The molecule has 6 nitrogen and oxygen atoms in total. The van der Waals surface area contributed by atoms with Crippen molar-refractivity contribution in [2.75, 3.05) is 13.1 Å². The van der Waals surface area contributed by atoms with Gasteiger partial charge in [-0.1, -0.05) is 18.2 Å². The van der Waals surface area contributed by atoms with Gasteiger partial charge < -0.3 is 5.11 Å². The maximum Gasteiger partial charge on any atom is 0.336 e. The van der Waals surface area contributed by atoms with Gasteiger partial charge in [0.15, 0.2) is 0 Å². The Morgan fingerprint density at radius 3 is 3.04 bits per heavy atom. The normalized spacial score (nSPS) is 17.8. The molecule has 1 aliphatic heterocycles. The molecule has 0 saturated carbocycles. The highest BCUT2D eigenvalue weighted by Gasteiger charge is 2.25. The van der Waals surface area contributed by atoms with Crippen LogP contribution in [0.1, 0.15) is 33.4 Å². The summed E-state index contributed by atoms with van der Waals surface area (Å²) in [5.74, 6) is -0.415. The van der Waals surface area contributed by atoms with Crippen LogP contribution in [0.3, 0.4) is 0 Å².